The number of nitrogens with zero attached hydrogens (tertiary/aromatic N) is 2. The van der Waals surface area contributed by atoms with Gasteiger partial charge in [0.25, 0.3) is 0 Å². The van der Waals surface area contributed by atoms with Crippen LogP contribution in [0, 0.1) is 5.82 Å². The molecule has 0 fully saturated rings. The van der Waals surface area contributed by atoms with E-state index in [-0.39, 0.29) is 18.7 Å². The standard InChI is InChI=1S/C23H16ClFN2O3/c24-15-4-8-20-17(10-15)19-11-18(14-3-7-21-22(9-14)29-12-28-21)26-27(19)23(30-20)13-1-5-16(25)6-2-13/h1-10,19,23H,11-12H2/t19-,23+/m1/s1. The van der Waals surface area contributed by atoms with Gasteiger partial charge in [-0.15, -0.1) is 0 Å². The fraction of sp³-hybridized carbons (Fsp3) is 0.174. The van der Waals surface area contributed by atoms with Gasteiger partial charge >= 0.3 is 0 Å². The predicted molar refractivity (Wildman–Crippen MR) is 110 cm³/mol. The van der Waals surface area contributed by atoms with E-state index < -0.39 is 6.23 Å². The number of benzene rings is 3. The monoisotopic (exact) mass is 422 g/mol. The van der Waals surface area contributed by atoms with Crippen LogP contribution < -0.4 is 14.2 Å². The van der Waals surface area contributed by atoms with Gasteiger partial charge in [0.05, 0.1) is 11.8 Å². The van der Waals surface area contributed by atoms with Gasteiger partial charge in [-0.25, -0.2) is 9.40 Å². The normalized spacial score (nSPS) is 21.0. The van der Waals surface area contributed by atoms with Crippen LogP contribution >= 0.6 is 11.6 Å². The number of rotatable bonds is 2. The fourth-order valence-corrected chi connectivity index (χ4v) is 4.34. The highest BCUT2D eigenvalue weighted by Crippen LogP contribution is 2.48. The first-order valence-corrected chi connectivity index (χ1v) is 10.0. The van der Waals surface area contributed by atoms with Crippen molar-refractivity contribution in [1.29, 1.82) is 0 Å². The van der Waals surface area contributed by atoms with Gasteiger partial charge in [0.2, 0.25) is 13.0 Å². The van der Waals surface area contributed by atoms with Crippen molar-refractivity contribution in [3.8, 4) is 17.2 Å². The summed E-state index contributed by atoms with van der Waals surface area (Å²) in [6.45, 7) is 0.229. The molecule has 3 aromatic rings. The van der Waals surface area contributed by atoms with Crippen molar-refractivity contribution in [3.63, 3.8) is 0 Å². The average molecular weight is 423 g/mol. The number of ether oxygens (including phenoxy) is 3. The molecule has 0 unspecified atom stereocenters. The third-order valence-electron chi connectivity index (χ3n) is 5.61. The summed E-state index contributed by atoms with van der Waals surface area (Å²) in [5.41, 5.74) is 3.70. The minimum absolute atomic E-state index is 0.0390. The second-order valence-corrected chi connectivity index (χ2v) is 7.86. The van der Waals surface area contributed by atoms with Gasteiger partial charge in [0.15, 0.2) is 11.5 Å². The van der Waals surface area contributed by atoms with Crippen molar-refractivity contribution in [3.05, 3.63) is 88.2 Å². The summed E-state index contributed by atoms with van der Waals surface area (Å²) in [5.74, 6) is 1.93. The summed E-state index contributed by atoms with van der Waals surface area (Å²) >= 11 is 6.27. The molecule has 2 atom stereocenters. The second kappa shape index (κ2) is 6.64. The summed E-state index contributed by atoms with van der Waals surface area (Å²) in [5, 5.41) is 7.49. The molecular formula is C23H16ClFN2O3. The smallest absolute Gasteiger partial charge is 0.231 e. The molecule has 0 amide bonds. The van der Waals surface area contributed by atoms with Crippen molar-refractivity contribution in [1.82, 2.24) is 5.01 Å². The molecule has 5 nitrogen and oxygen atoms in total. The predicted octanol–water partition coefficient (Wildman–Crippen LogP) is 5.45. The Hall–Kier alpha value is -3.25. The molecule has 0 N–H and O–H groups in total. The third-order valence-corrected chi connectivity index (χ3v) is 5.85. The lowest BCUT2D eigenvalue weighted by Gasteiger charge is -2.38. The maximum Gasteiger partial charge on any atom is 0.231 e. The number of hydrogen-bond acceptors (Lipinski definition) is 5. The number of halogens is 2. The summed E-state index contributed by atoms with van der Waals surface area (Å²) in [6.07, 6.45) is 0.226. The van der Waals surface area contributed by atoms with Gasteiger partial charge in [-0.1, -0.05) is 23.7 Å². The lowest BCUT2D eigenvalue weighted by Crippen LogP contribution is -2.33. The Morgan fingerprint density at radius 3 is 2.60 bits per heavy atom. The van der Waals surface area contributed by atoms with Crippen molar-refractivity contribution in [2.75, 3.05) is 6.79 Å². The summed E-state index contributed by atoms with van der Waals surface area (Å²) in [7, 11) is 0. The average Bonchev–Trinajstić information content (AvgIpc) is 3.41. The second-order valence-electron chi connectivity index (χ2n) is 7.42. The maximum absolute atomic E-state index is 13.5. The molecule has 30 heavy (non-hydrogen) atoms. The van der Waals surface area contributed by atoms with Crippen LogP contribution in [0.15, 0.2) is 65.8 Å². The molecule has 3 aliphatic rings. The van der Waals surface area contributed by atoms with Crippen molar-refractivity contribution < 1.29 is 18.6 Å². The Morgan fingerprint density at radius 2 is 1.73 bits per heavy atom. The third kappa shape index (κ3) is 2.79. The van der Waals surface area contributed by atoms with E-state index in [0.29, 0.717) is 11.4 Å². The van der Waals surface area contributed by atoms with E-state index in [4.69, 9.17) is 30.9 Å². The van der Waals surface area contributed by atoms with E-state index in [2.05, 4.69) is 0 Å². The van der Waals surface area contributed by atoms with E-state index >= 15 is 0 Å². The van der Waals surface area contributed by atoms with Crippen LogP contribution in [0.5, 0.6) is 17.2 Å². The van der Waals surface area contributed by atoms with E-state index in [1.807, 2.05) is 41.4 Å². The van der Waals surface area contributed by atoms with Crippen LogP contribution in [0.1, 0.15) is 35.4 Å². The quantitative estimate of drug-likeness (QED) is 0.550. The van der Waals surface area contributed by atoms with E-state index in [0.717, 1.165) is 39.7 Å². The first-order valence-electron chi connectivity index (χ1n) is 9.63. The van der Waals surface area contributed by atoms with Crippen molar-refractivity contribution in [2.45, 2.75) is 18.7 Å². The highest BCUT2D eigenvalue weighted by molar-refractivity contribution is 6.30. The Kier molecular flexibility index (Phi) is 3.89. The van der Waals surface area contributed by atoms with Gasteiger partial charge in [-0.3, -0.25) is 0 Å². The van der Waals surface area contributed by atoms with Crippen LogP contribution in [0.2, 0.25) is 5.02 Å². The number of hydrazone groups is 1. The molecule has 6 rings (SSSR count). The summed E-state index contributed by atoms with van der Waals surface area (Å²) in [6, 6.07) is 17.7. The highest BCUT2D eigenvalue weighted by Gasteiger charge is 2.41. The lowest BCUT2D eigenvalue weighted by atomic mass is 9.95. The minimum atomic E-state index is -0.462. The van der Waals surface area contributed by atoms with Crippen LogP contribution in [0.25, 0.3) is 0 Å². The zero-order chi connectivity index (χ0) is 20.2. The zero-order valence-electron chi connectivity index (χ0n) is 15.7. The van der Waals surface area contributed by atoms with Crippen LogP contribution in [0.3, 0.4) is 0 Å². The van der Waals surface area contributed by atoms with Crippen LogP contribution in [-0.2, 0) is 0 Å². The molecule has 0 aromatic heterocycles. The Balaban J connectivity index is 1.43. The largest absolute Gasteiger partial charge is 0.464 e. The zero-order valence-corrected chi connectivity index (χ0v) is 16.5. The lowest BCUT2D eigenvalue weighted by molar-refractivity contribution is -0.0190. The molecular weight excluding hydrogens is 407 g/mol. The van der Waals surface area contributed by atoms with E-state index in [1.54, 1.807) is 12.1 Å². The minimum Gasteiger partial charge on any atom is -0.464 e. The topological polar surface area (TPSA) is 43.3 Å². The maximum atomic E-state index is 13.5. The van der Waals surface area contributed by atoms with Gasteiger partial charge in [-0.05, 0) is 48.5 Å². The number of fused-ring (bicyclic) bond motifs is 4. The molecule has 0 spiro atoms. The Bertz CT molecular complexity index is 1180. The summed E-state index contributed by atoms with van der Waals surface area (Å²) < 4.78 is 30.7. The van der Waals surface area contributed by atoms with Gasteiger partial charge in [0.1, 0.15) is 11.6 Å². The van der Waals surface area contributed by atoms with Crippen LogP contribution in [0.4, 0.5) is 4.39 Å². The molecule has 0 radical (unpaired) electrons. The first kappa shape index (κ1) is 17.6. The first-order chi connectivity index (χ1) is 14.7. The number of hydrogen-bond donors (Lipinski definition) is 0. The van der Waals surface area contributed by atoms with Gasteiger partial charge in [0, 0.05) is 28.1 Å². The fourth-order valence-electron chi connectivity index (χ4n) is 4.16. The molecule has 0 saturated heterocycles. The van der Waals surface area contributed by atoms with Crippen LogP contribution in [-0.4, -0.2) is 17.5 Å². The van der Waals surface area contributed by atoms with Crippen molar-refractivity contribution >= 4 is 17.3 Å². The van der Waals surface area contributed by atoms with Crippen molar-refractivity contribution in [2.24, 2.45) is 5.10 Å². The van der Waals surface area contributed by atoms with E-state index in [9.17, 15) is 4.39 Å². The Labute approximate surface area is 177 Å². The molecule has 0 saturated carbocycles. The molecule has 7 heteroatoms. The van der Waals surface area contributed by atoms with E-state index in [1.165, 1.54) is 12.1 Å². The highest BCUT2D eigenvalue weighted by atomic mass is 35.5. The molecule has 0 bridgehead atoms. The van der Waals surface area contributed by atoms with Gasteiger partial charge in [-0.2, -0.15) is 5.10 Å². The molecule has 3 heterocycles. The SMILES string of the molecule is Fc1ccc([C@@H]2Oc3ccc(Cl)cc3[C@H]3CC(c4ccc5c(c4)OCO5)=NN32)cc1. The summed E-state index contributed by atoms with van der Waals surface area (Å²) in [4.78, 5) is 0. The molecule has 150 valence electrons. The van der Waals surface area contributed by atoms with Gasteiger partial charge < -0.3 is 14.2 Å². The molecule has 3 aromatic carbocycles. The Morgan fingerprint density at radius 1 is 0.933 bits per heavy atom. The molecule has 3 aliphatic heterocycles. The molecule has 0 aliphatic carbocycles.